The molecule has 0 aromatic carbocycles. The van der Waals surface area contributed by atoms with Crippen molar-refractivity contribution in [3.63, 3.8) is 0 Å². The van der Waals surface area contributed by atoms with Crippen molar-refractivity contribution in [1.82, 2.24) is 15.1 Å². The summed E-state index contributed by atoms with van der Waals surface area (Å²) in [6, 6.07) is 0.435. The summed E-state index contributed by atoms with van der Waals surface area (Å²) in [5.74, 6) is 5.90. The third kappa shape index (κ3) is 4.18. The van der Waals surface area contributed by atoms with Crippen LogP contribution >= 0.6 is 0 Å². The van der Waals surface area contributed by atoms with Gasteiger partial charge in [-0.2, -0.15) is 5.10 Å². The Hall–Kier alpha value is -1.27. The highest BCUT2D eigenvalue weighted by Crippen LogP contribution is 2.04. The number of hydrogen-bond acceptors (Lipinski definition) is 2. The lowest BCUT2D eigenvalue weighted by Crippen LogP contribution is -2.13. The maximum absolute atomic E-state index is 4.28. The fraction of sp³-hybridized carbons (Fsp3) is 0.583. The van der Waals surface area contributed by atoms with Crippen molar-refractivity contribution in [3.8, 4) is 11.8 Å². The van der Waals surface area contributed by atoms with Crippen molar-refractivity contribution in [2.75, 3.05) is 6.54 Å². The first-order chi connectivity index (χ1) is 7.24. The van der Waals surface area contributed by atoms with Gasteiger partial charge in [0.05, 0.1) is 6.20 Å². The van der Waals surface area contributed by atoms with Gasteiger partial charge in [-0.05, 0) is 20.8 Å². The molecule has 1 N–H and O–H groups in total. The van der Waals surface area contributed by atoms with E-state index in [1.54, 1.807) is 0 Å². The van der Waals surface area contributed by atoms with E-state index in [4.69, 9.17) is 0 Å². The van der Waals surface area contributed by atoms with Crippen molar-refractivity contribution in [3.05, 3.63) is 18.0 Å². The fourth-order valence-corrected chi connectivity index (χ4v) is 1.26. The first kappa shape index (κ1) is 11.8. The Balaban J connectivity index is 2.27. The molecule has 3 nitrogen and oxygen atoms in total. The number of nitrogens with zero attached hydrogens (tertiary/aromatic N) is 2. The summed E-state index contributed by atoms with van der Waals surface area (Å²) in [5, 5.41) is 7.61. The van der Waals surface area contributed by atoms with Crippen LogP contribution < -0.4 is 5.32 Å². The molecule has 0 radical (unpaired) electrons. The molecule has 0 aliphatic rings. The zero-order valence-corrected chi connectivity index (χ0v) is 9.75. The Labute approximate surface area is 91.9 Å². The minimum absolute atomic E-state index is 0.435. The first-order valence-electron chi connectivity index (χ1n) is 5.37. The van der Waals surface area contributed by atoms with E-state index in [-0.39, 0.29) is 0 Å². The molecule has 0 saturated heterocycles. The number of nitrogens with one attached hydrogen (secondary N) is 1. The molecule has 1 aromatic heterocycles. The minimum atomic E-state index is 0.435. The molecule has 1 rings (SSSR count). The average Bonchev–Trinajstić information content (AvgIpc) is 2.66. The second-order valence-corrected chi connectivity index (χ2v) is 3.78. The zero-order chi connectivity index (χ0) is 11.1. The van der Waals surface area contributed by atoms with Gasteiger partial charge in [0.15, 0.2) is 0 Å². The van der Waals surface area contributed by atoms with E-state index in [1.807, 2.05) is 17.8 Å². The standard InChI is InChI=1S/C12H19N3/c1-4-5-6-7-13-8-12-9-14-15(10-12)11(2)3/h9-11,13H,6-8H2,1-3H3. The van der Waals surface area contributed by atoms with Crippen molar-refractivity contribution in [2.45, 2.75) is 39.8 Å². The third-order valence-electron chi connectivity index (χ3n) is 2.12. The Morgan fingerprint density at radius 1 is 1.53 bits per heavy atom. The molecular weight excluding hydrogens is 186 g/mol. The highest BCUT2D eigenvalue weighted by Gasteiger charge is 2.00. The summed E-state index contributed by atoms with van der Waals surface area (Å²) < 4.78 is 1.98. The van der Waals surface area contributed by atoms with Crippen LogP contribution in [0.1, 0.15) is 38.8 Å². The molecule has 82 valence electrons. The molecule has 1 aromatic rings. The molecule has 0 atom stereocenters. The van der Waals surface area contributed by atoms with Gasteiger partial charge < -0.3 is 5.32 Å². The van der Waals surface area contributed by atoms with E-state index in [1.165, 1.54) is 5.56 Å². The second kappa shape index (κ2) is 6.26. The smallest absolute Gasteiger partial charge is 0.0534 e. The van der Waals surface area contributed by atoms with Gasteiger partial charge in [-0.3, -0.25) is 4.68 Å². The number of aromatic nitrogens is 2. The van der Waals surface area contributed by atoms with Gasteiger partial charge in [0.1, 0.15) is 0 Å². The van der Waals surface area contributed by atoms with Crippen LogP contribution in [0.25, 0.3) is 0 Å². The maximum Gasteiger partial charge on any atom is 0.0534 e. The molecule has 0 amide bonds. The quantitative estimate of drug-likeness (QED) is 0.588. The number of rotatable bonds is 5. The predicted molar refractivity (Wildman–Crippen MR) is 62.4 cm³/mol. The van der Waals surface area contributed by atoms with Crippen LogP contribution in [-0.4, -0.2) is 16.3 Å². The lowest BCUT2D eigenvalue weighted by atomic mass is 10.3. The van der Waals surface area contributed by atoms with Crippen LogP contribution in [0.2, 0.25) is 0 Å². The highest BCUT2D eigenvalue weighted by molar-refractivity contribution is 5.04. The van der Waals surface area contributed by atoms with E-state index < -0.39 is 0 Å². The Morgan fingerprint density at radius 2 is 2.33 bits per heavy atom. The van der Waals surface area contributed by atoms with E-state index >= 15 is 0 Å². The van der Waals surface area contributed by atoms with E-state index in [2.05, 4.69) is 42.3 Å². The van der Waals surface area contributed by atoms with Crippen LogP contribution in [0.5, 0.6) is 0 Å². The van der Waals surface area contributed by atoms with E-state index in [0.717, 1.165) is 19.5 Å². The maximum atomic E-state index is 4.28. The average molecular weight is 205 g/mol. The Kier molecular flexibility index (Phi) is 4.92. The highest BCUT2D eigenvalue weighted by atomic mass is 15.3. The molecule has 0 unspecified atom stereocenters. The third-order valence-corrected chi connectivity index (χ3v) is 2.12. The number of hydrogen-bond donors (Lipinski definition) is 1. The topological polar surface area (TPSA) is 29.9 Å². The van der Waals surface area contributed by atoms with Crippen LogP contribution in [0.3, 0.4) is 0 Å². The van der Waals surface area contributed by atoms with Gasteiger partial charge in [-0.25, -0.2) is 0 Å². The Bertz CT molecular complexity index is 341. The summed E-state index contributed by atoms with van der Waals surface area (Å²) in [4.78, 5) is 0. The summed E-state index contributed by atoms with van der Waals surface area (Å²) in [6.07, 6.45) is 4.91. The molecule has 1 heterocycles. The lowest BCUT2D eigenvalue weighted by molar-refractivity contribution is 0.531. The van der Waals surface area contributed by atoms with Gasteiger partial charge >= 0.3 is 0 Å². The fourth-order valence-electron chi connectivity index (χ4n) is 1.26. The molecule has 15 heavy (non-hydrogen) atoms. The zero-order valence-electron chi connectivity index (χ0n) is 9.75. The van der Waals surface area contributed by atoms with Crippen LogP contribution in [0.4, 0.5) is 0 Å². The normalized spacial score (nSPS) is 10.1. The molecule has 0 aliphatic carbocycles. The molecule has 0 fully saturated rings. The molecule has 0 saturated carbocycles. The minimum Gasteiger partial charge on any atom is -0.312 e. The molecular formula is C12H19N3. The van der Waals surface area contributed by atoms with Crippen LogP contribution in [0, 0.1) is 11.8 Å². The van der Waals surface area contributed by atoms with Gasteiger partial charge in [0.25, 0.3) is 0 Å². The van der Waals surface area contributed by atoms with Gasteiger partial charge in [0.2, 0.25) is 0 Å². The molecule has 3 heteroatoms. The Morgan fingerprint density at radius 3 is 2.93 bits per heavy atom. The van der Waals surface area contributed by atoms with Gasteiger partial charge in [-0.15, -0.1) is 11.8 Å². The van der Waals surface area contributed by atoms with Crippen LogP contribution in [-0.2, 0) is 6.54 Å². The SMILES string of the molecule is CC#CCCNCc1cnn(C(C)C)c1. The summed E-state index contributed by atoms with van der Waals surface area (Å²) in [7, 11) is 0. The predicted octanol–water partition coefficient (Wildman–Crippen LogP) is 1.97. The van der Waals surface area contributed by atoms with Crippen molar-refractivity contribution < 1.29 is 0 Å². The lowest BCUT2D eigenvalue weighted by Gasteiger charge is -2.03. The van der Waals surface area contributed by atoms with Gasteiger partial charge in [-0.1, -0.05) is 0 Å². The van der Waals surface area contributed by atoms with Gasteiger partial charge in [0, 0.05) is 37.3 Å². The van der Waals surface area contributed by atoms with Crippen molar-refractivity contribution >= 4 is 0 Å². The molecule has 0 spiro atoms. The van der Waals surface area contributed by atoms with Crippen LogP contribution in [0.15, 0.2) is 12.4 Å². The van der Waals surface area contributed by atoms with E-state index in [0.29, 0.717) is 6.04 Å². The summed E-state index contributed by atoms with van der Waals surface area (Å²) >= 11 is 0. The monoisotopic (exact) mass is 205 g/mol. The summed E-state index contributed by atoms with van der Waals surface area (Å²) in [5.41, 5.74) is 1.23. The molecule has 0 aliphatic heterocycles. The van der Waals surface area contributed by atoms with Crippen molar-refractivity contribution in [1.29, 1.82) is 0 Å². The second-order valence-electron chi connectivity index (χ2n) is 3.78. The van der Waals surface area contributed by atoms with E-state index in [9.17, 15) is 0 Å². The first-order valence-corrected chi connectivity index (χ1v) is 5.37. The largest absolute Gasteiger partial charge is 0.312 e. The summed E-state index contributed by atoms with van der Waals surface area (Å²) in [6.45, 7) is 7.93. The molecule has 0 bridgehead atoms. The van der Waals surface area contributed by atoms with Crippen molar-refractivity contribution in [2.24, 2.45) is 0 Å².